The second kappa shape index (κ2) is 5.53. The topological polar surface area (TPSA) is 32.8 Å². The van der Waals surface area contributed by atoms with Crippen LogP contribution in [0.15, 0.2) is 18.2 Å². The zero-order valence-electron chi connectivity index (χ0n) is 14.6. The van der Waals surface area contributed by atoms with E-state index in [2.05, 4.69) is 19.0 Å². The Bertz CT molecular complexity index is 657. The predicted octanol–water partition coefficient (Wildman–Crippen LogP) is 2.32. The first kappa shape index (κ1) is 16.0. The molecule has 0 N–H and O–H groups in total. The summed E-state index contributed by atoms with van der Waals surface area (Å²) in [7, 11) is 4.18. The normalized spacial score (nSPS) is 34.2. The van der Waals surface area contributed by atoms with Crippen molar-refractivity contribution < 1.29 is 13.9 Å². The fourth-order valence-electron chi connectivity index (χ4n) is 5.05. The van der Waals surface area contributed by atoms with E-state index in [1.54, 1.807) is 6.07 Å². The van der Waals surface area contributed by atoms with Crippen molar-refractivity contribution in [2.24, 2.45) is 11.8 Å². The SMILES string of the molecule is Cc1cc(F)cc(C(=O)N2C[C@@H]3[C@H](CN(C)C)[C@H]4CC[C@]3(C2)O4)c1. The smallest absolute Gasteiger partial charge is 0.254 e. The number of aryl methyl sites for hydroxylation is 1. The van der Waals surface area contributed by atoms with Gasteiger partial charge in [0.2, 0.25) is 0 Å². The van der Waals surface area contributed by atoms with Crippen LogP contribution in [0.3, 0.4) is 0 Å². The van der Waals surface area contributed by atoms with Crippen molar-refractivity contribution in [3.05, 3.63) is 35.1 Å². The third kappa shape index (κ3) is 2.45. The molecule has 5 heteroatoms. The Morgan fingerprint density at radius 2 is 2.21 bits per heavy atom. The number of nitrogens with zero attached hydrogens (tertiary/aromatic N) is 2. The molecule has 1 spiro atoms. The van der Waals surface area contributed by atoms with Gasteiger partial charge >= 0.3 is 0 Å². The zero-order valence-corrected chi connectivity index (χ0v) is 14.6. The summed E-state index contributed by atoms with van der Waals surface area (Å²) in [4.78, 5) is 17.0. The second-order valence-electron chi connectivity index (χ2n) is 8.00. The first-order valence-corrected chi connectivity index (χ1v) is 8.77. The molecule has 0 aromatic heterocycles. The van der Waals surface area contributed by atoms with Crippen LogP contribution in [-0.4, -0.2) is 61.1 Å². The van der Waals surface area contributed by atoms with Gasteiger partial charge in [-0.1, -0.05) is 0 Å². The summed E-state index contributed by atoms with van der Waals surface area (Å²) in [6.07, 6.45) is 2.47. The lowest BCUT2D eigenvalue weighted by Crippen LogP contribution is -2.40. The van der Waals surface area contributed by atoms with E-state index in [0.717, 1.165) is 31.5 Å². The molecule has 130 valence electrons. The van der Waals surface area contributed by atoms with Gasteiger partial charge in [0, 0.05) is 30.5 Å². The van der Waals surface area contributed by atoms with E-state index in [4.69, 9.17) is 4.74 Å². The Kier molecular flexibility index (Phi) is 3.69. The summed E-state index contributed by atoms with van der Waals surface area (Å²) in [6.45, 7) is 4.18. The van der Waals surface area contributed by atoms with E-state index in [0.29, 0.717) is 30.0 Å². The number of ether oxygens (including phenoxy) is 1. The maximum atomic E-state index is 13.7. The highest BCUT2D eigenvalue weighted by Gasteiger charge is 2.63. The Balaban J connectivity index is 1.56. The van der Waals surface area contributed by atoms with Crippen molar-refractivity contribution in [1.29, 1.82) is 0 Å². The largest absolute Gasteiger partial charge is 0.369 e. The summed E-state index contributed by atoms with van der Waals surface area (Å²) in [5.74, 6) is 0.466. The molecule has 2 bridgehead atoms. The molecule has 0 radical (unpaired) electrons. The molecule has 3 aliphatic rings. The monoisotopic (exact) mass is 332 g/mol. The molecule has 3 aliphatic heterocycles. The van der Waals surface area contributed by atoms with Crippen LogP contribution in [0.5, 0.6) is 0 Å². The average Bonchev–Trinajstić information content (AvgIpc) is 3.14. The lowest BCUT2D eigenvalue weighted by Gasteiger charge is -2.30. The van der Waals surface area contributed by atoms with Gasteiger partial charge in [-0.05, 0) is 57.6 Å². The van der Waals surface area contributed by atoms with E-state index in [-0.39, 0.29) is 17.3 Å². The molecule has 4 nitrogen and oxygen atoms in total. The van der Waals surface area contributed by atoms with Crippen molar-refractivity contribution in [2.75, 3.05) is 33.7 Å². The van der Waals surface area contributed by atoms with Gasteiger partial charge in [0.1, 0.15) is 5.82 Å². The van der Waals surface area contributed by atoms with Crippen LogP contribution < -0.4 is 0 Å². The molecule has 1 aromatic carbocycles. The summed E-state index contributed by atoms with van der Waals surface area (Å²) in [5.41, 5.74) is 1.06. The quantitative estimate of drug-likeness (QED) is 0.852. The first-order chi connectivity index (χ1) is 11.4. The molecule has 3 heterocycles. The Hall–Kier alpha value is -1.46. The van der Waals surface area contributed by atoms with Gasteiger partial charge < -0.3 is 14.5 Å². The third-order valence-corrected chi connectivity index (χ3v) is 5.94. The molecule has 4 rings (SSSR count). The van der Waals surface area contributed by atoms with Crippen molar-refractivity contribution in [3.63, 3.8) is 0 Å². The summed E-state index contributed by atoms with van der Waals surface area (Å²) >= 11 is 0. The Labute approximate surface area is 142 Å². The fourth-order valence-corrected chi connectivity index (χ4v) is 5.05. The molecule has 3 fully saturated rings. The molecule has 0 aliphatic carbocycles. The number of benzene rings is 1. The number of hydrogen-bond acceptors (Lipinski definition) is 3. The average molecular weight is 332 g/mol. The summed E-state index contributed by atoms with van der Waals surface area (Å²) in [6, 6.07) is 4.56. The van der Waals surface area contributed by atoms with Crippen LogP contribution >= 0.6 is 0 Å². The van der Waals surface area contributed by atoms with Crippen LogP contribution in [0.1, 0.15) is 28.8 Å². The number of hydrogen-bond donors (Lipinski definition) is 0. The highest BCUT2D eigenvalue weighted by molar-refractivity contribution is 5.94. The molecule has 24 heavy (non-hydrogen) atoms. The number of carbonyl (C=O) groups excluding carboxylic acids is 1. The van der Waals surface area contributed by atoms with Crippen LogP contribution in [-0.2, 0) is 4.74 Å². The maximum Gasteiger partial charge on any atom is 0.254 e. The van der Waals surface area contributed by atoms with E-state index in [1.807, 2.05) is 11.8 Å². The molecule has 4 atom stereocenters. The van der Waals surface area contributed by atoms with Gasteiger partial charge in [0.25, 0.3) is 5.91 Å². The van der Waals surface area contributed by atoms with Crippen molar-refractivity contribution >= 4 is 5.91 Å². The molecule has 0 unspecified atom stereocenters. The van der Waals surface area contributed by atoms with Gasteiger partial charge in [0.15, 0.2) is 0 Å². The number of amides is 1. The maximum absolute atomic E-state index is 13.7. The summed E-state index contributed by atoms with van der Waals surface area (Å²) < 4.78 is 20.0. The lowest BCUT2D eigenvalue weighted by molar-refractivity contribution is 0.00256. The molecule has 1 aromatic rings. The minimum atomic E-state index is -0.349. The van der Waals surface area contributed by atoms with E-state index >= 15 is 0 Å². The molecular weight excluding hydrogens is 307 g/mol. The Morgan fingerprint density at radius 3 is 2.92 bits per heavy atom. The predicted molar refractivity (Wildman–Crippen MR) is 89.4 cm³/mol. The van der Waals surface area contributed by atoms with Gasteiger partial charge in [-0.3, -0.25) is 4.79 Å². The van der Waals surface area contributed by atoms with Crippen LogP contribution in [0.25, 0.3) is 0 Å². The number of fused-ring (bicyclic) bond motifs is 1. The minimum Gasteiger partial charge on any atom is -0.369 e. The van der Waals surface area contributed by atoms with Crippen molar-refractivity contribution in [2.45, 2.75) is 31.5 Å². The van der Waals surface area contributed by atoms with Crippen LogP contribution in [0.2, 0.25) is 0 Å². The van der Waals surface area contributed by atoms with Crippen LogP contribution in [0, 0.1) is 24.6 Å². The van der Waals surface area contributed by atoms with Crippen molar-refractivity contribution in [3.8, 4) is 0 Å². The fraction of sp³-hybridized carbons (Fsp3) is 0.632. The molecule has 3 saturated heterocycles. The lowest BCUT2D eigenvalue weighted by atomic mass is 9.73. The highest BCUT2D eigenvalue weighted by atomic mass is 19.1. The number of halogens is 1. The second-order valence-corrected chi connectivity index (χ2v) is 8.00. The van der Waals surface area contributed by atoms with E-state index < -0.39 is 0 Å². The summed E-state index contributed by atoms with van der Waals surface area (Å²) in [5, 5.41) is 0. The highest BCUT2D eigenvalue weighted by Crippen LogP contribution is 2.55. The molecule has 0 saturated carbocycles. The van der Waals surface area contributed by atoms with E-state index in [9.17, 15) is 9.18 Å². The number of rotatable bonds is 3. The van der Waals surface area contributed by atoms with Gasteiger partial charge in [-0.25, -0.2) is 4.39 Å². The Morgan fingerprint density at radius 1 is 1.42 bits per heavy atom. The minimum absolute atomic E-state index is 0.0722. The molecule has 1 amide bonds. The number of likely N-dealkylation sites (tertiary alicyclic amines) is 1. The zero-order chi connectivity index (χ0) is 17.1. The van der Waals surface area contributed by atoms with Crippen LogP contribution in [0.4, 0.5) is 4.39 Å². The third-order valence-electron chi connectivity index (χ3n) is 5.94. The van der Waals surface area contributed by atoms with Gasteiger partial charge in [0.05, 0.1) is 18.2 Å². The number of carbonyl (C=O) groups is 1. The standard InChI is InChI=1S/C19H25FN2O2/c1-12-6-13(8-14(20)7-12)18(23)22-10-16-15(9-21(2)3)17-4-5-19(16,11-22)24-17/h6-8,15-17H,4-5,9-11H2,1-3H3/t15-,16+,17+,19+/m0/s1. The first-order valence-electron chi connectivity index (χ1n) is 8.77. The van der Waals surface area contributed by atoms with Gasteiger partial charge in [-0.15, -0.1) is 0 Å². The molecular formula is C19H25FN2O2. The van der Waals surface area contributed by atoms with Gasteiger partial charge in [-0.2, -0.15) is 0 Å². The van der Waals surface area contributed by atoms with Crippen molar-refractivity contribution in [1.82, 2.24) is 9.80 Å². The van der Waals surface area contributed by atoms with E-state index in [1.165, 1.54) is 12.1 Å².